The molecule has 3 aromatic rings. The molecule has 0 bridgehead atoms. The first-order valence-corrected chi connectivity index (χ1v) is 17.0. The summed E-state index contributed by atoms with van der Waals surface area (Å²) in [6.45, 7) is 4.77. The topological polar surface area (TPSA) is 132 Å². The fourth-order valence-corrected chi connectivity index (χ4v) is 8.17. The van der Waals surface area contributed by atoms with Crippen LogP contribution in [-0.4, -0.2) is 66.5 Å². The Bertz CT molecular complexity index is 1780. The molecule has 4 N–H and O–H groups in total. The van der Waals surface area contributed by atoms with Crippen LogP contribution in [0.3, 0.4) is 0 Å². The first kappa shape index (κ1) is 30.9. The third-order valence-electron chi connectivity index (χ3n) is 8.71. The number of aryl methyl sites for hydroxylation is 1. The number of aliphatic hydroxyl groups is 1. The molecule has 0 radical (unpaired) electrons. The second kappa shape index (κ2) is 12.0. The quantitative estimate of drug-likeness (QED) is 0.248. The van der Waals surface area contributed by atoms with Crippen LogP contribution >= 0.6 is 23.2 Å². The standard InChI is InChI=1S/C32H34Cl2N4O5S/c1-17-23(13-31(40)38-15-21(39)10-20(38)14-35-19-6-7-19)18(2)36-30(17)12-25-24-11-22(8-9-29(24)37-32(25)41)44(42,43)16-26-27(33)4-3-5-28(26)34/h3-5,8-9,11-12,19-21,35-36,39H,6-7,10,13-16H2,1-2H3,(H,37,41)/t20-,21-/m1/s1. The number of aliphatic hydroxyl groups excluding tert-OH is 1. The van der Waals surface area contributed by atoms with Crippen molar-refractivity contribution in [2.24, 2.45) is 0 Å². The largest absolute Gasteiger partial charge is 0.391 e. The second-order valence-electron chi connectivity index (χ2n) is 11.9. The fourth-order valence-electron chi connectivity index (χ4n) is 6.05. The number of benzene rings is 2. The number of likely N-dealkylation sites (tertiary alicyclic amines) is 1. The molecule has 1 saturated heterocycles. The maximum atomic E-state index is 13.4. The van der Waals surface area contributed by atoms with Crippen molar-refractivity contribution in [1.29, 1.82) is 0 Å². The van der Waals surface area contributed by atoms with Crippen molar-refractivity contribution in [3.8, 4) is 0 Å². The number of amides is 2. The molecule has 1 aliphatic carbocycles. The number of nitrogens with one attached hydrogen (secondary N) is 3. The summed E-state index contributed by atoms with van der Waals surface area (Å²) in [4.78, 5) is 31.6. The summed E-state index contributed by atoms with van der Waals surface area (Å²) in [7, 11) is -3.85. The van der Waals surface area contributed by atoms with Gasteiger partial charge in [0, 0.05) is 63.4 Å². The van der Waals surface area contributed by atoms with Gasteiger partial charge in [0.15, 0.2) is 9.84 Å². The van der Waals surface area contributed by atoms with Gasteiger partial charge >= 0.3 is 0 Å². The van der Waals surface area contributed by atoms with Crippen LogP contribution < -0.4 is 10.6 Å². The first-order chi connectivity index (χ1) is 20.9. The van der Waals surface area contributed by atoms with Crippen LogP contribution in [0, 0.1) is 13.8 Å². The lowest BCUT2D eigenvalue weighted by molar-refractivity contribution is -0.131. The van der Waals surface area contributed by atoms with Crippen molar-refractivity contribution in [2.45, 2.75) is 68.4 Å². The Morgan fingerprint density at radius 1 is 1.14 bits per heavy atom. The predicted molar refractivity (Wildman–Crippen MR) is 171 cm³/mol. The Balaban J connectivity index is 1.25. The summed E-state index contributed by atoms with van der Waals surface area (Å²) < 4.78 is 26.8. The van der Waals surface area contributed by atoms with E-state index >= 15 is 0 Å². The lowest BCUT2D eigenvalue weighted by Gasteiger charge is -2.25. The average Bonchev–Trinajstić information content (AvgIpc) is 3.58. The smallest absolute Gasteiger partial charge is 0.256 e. The van der Waals surface area contributed by atoms with Gasteiger partial charge in [-0.05, 0) is 80.6 Å². The molecule has 12 heteroatoms. The normalized spacial score (nSPS) is 20.8. The van der Waals surface area contributed by atoms with Crippen LogP contribution in [0.2, 0.25) is 10.0 Å². The molecule has 1 aromatic heterocycles. The van der Waals surface area contributed by atoms with E-state index in [9.17, 15) is 23.1 Å². The van der Waals surface area contributed by atoms with Crippen molar-refractivity contribution in [3.05, 3.63) is 80.1 Å². The lowest BCUT2D eigenvalue weighted by Crippen LogP contribution is -2.43. The zero-order valence-electron chi connectivity index (χ0n) is 24.4. The molecule has 232 valence electrons. The number of hydrogen-bond donors (Lipinski definition) is 4. The van der Waals surface area contributed by atoms with Gasteiger partial charge in [-0.25, -0.2) is 8.42 Å². The summed E-state index contributed by atoms with van der Waals surface area (Å²) in [5.74, 6) is -0.793. The highest BCUT2D eigenvalue weighted by atomic mass is 35.5. The number of sulfone groups is 1. The highest BCUT2D eigenvalue weighted by molar-refractivity contribution is 7.90. The Kier molecular flexibility index (Phi) is 8.40. The van der Waals surface area contributed by atoms with Crippen LogP contribution in [0.25, 0.3) is 11.6 Å². The summed E-state index contributed by atoms with van der Waals surface area (Å²) in [6, 6.07) is 9.82. The Morgan fingerprint density at radius 3 is 2.57 bits per heavy atom. The molecule has 3 heterocycles. The molecule has 0 unspecified atom stereocenters. The van der Waals surface area contributed by atoms with Gasteiger partial charge in [-0.15, -0.1) is 0 Å². The van der Waals surface area contributed by atoms with E-state index in [0.717, 1.165) is 29.7 Å². The molecule has 2 aromatic carbocycles. The zero-order valence-corrected chi connectivity index (χ0v) is 26.7. The minimum atomic E-state index is -3.85. The molecule has 6 rings (SSSR count). The molecular formula is C32H34Cl2N4O5S. The van der Waals surface area contributed by atoms with Gasteiger partial charge in [0.1, 0.15) is 0 Å². The molecule has 2 fully saturated rings. The van der Waals surface area contributed by atoms with Crippen molar-refractivity contribution in [1.82, 2.24) is 15.2 Å². The van der Waals surface area contributed by atoms with Crippen molar-refractivity contribution >= 4 is 62.2 Å². The number of rotatable bonds is 9. The number of anilines is 1. The highest BCUT2D eigenvalue weighted by Gasteiger charge is 2.36. The zero-order chi connectivity index (χ0) is 31.3. The van der Waals surface area contributed by atoms with Gasteiger partial charge < -0.3 is 25.6 Å². The molecule has 2 aliphatic heterocycles. The number of aromatic amines is 1. The summed E-state index contributed by atoms with van der Waals surface area (Å²) >= 11 is 12.5. The highest BCUT2D eigenvalue weighted by Crippen LogP contribution is 2.37. The number of H-pyrrole nitrogens is 1. The number of halogens is 2. The number of fused-ring (bicyclic) bond motifs is 1. The lowest BCUT2D eigenvalue weighted by atomic mass is 10.0. The van der Waals surface area contributed by atoms with Gasteiger partial charge in [0.05, 0.1) is 28.7 Å². The SMILES string of the molecule is Cc1[nH]c(C=C2C(=O)Nc3ccc(S(=O)(=O)Cc4c(Cl)cccc4Cl)cc32)c(C)c1CC(=O)N1C[C@H](O)C[C@@H]1CNC1CC1. The maximum absolute atomic E-state index is 13.4. The van der Waals surface area contributed by atoms with E-state index in [1.807, 2.05) is 13.8 Å². The minimum Gasteiger partial charge on any atom is -0.391 e. The van der Waals surface area contributed by atoms with E-state index in [0.29, 0.717) is 53.6 Å². The van der Waals surface area contributed by atoms with E-state index in [1.54, 1.807) is 35.2 Å². The Labute approximate surface area is 266 Å². The van der Waals surface area contributed by atoms with Gasteiger partial charge in [0.25, 0.3) is 5.91 Å². The second-order valence-corrected chi connectivity index (χ2v) is 14.7. The molecule has 1 saturated carbocycles. The molecule has 3 aliphatic rings. The average molecular weight is 658 g/mol. The van der Waals surface area contributed by atoms with Crippen molar-refractivity contribution < 1.29 is 23.1 Å². The van der Waals surface area contributed by atoms with E-state index in [-0.39, 0.29) is 45.0 Å². The van der Waals surface area contributed by atoms with Gasteiger partial charge in [0.2, 0.25) is 5.91 Å². The number of carbonyl (C=O) groups is 2. The van der Waals surface area contributed by atoms with Crippen LogP contribution in [0.4, 0.5) is 5.69 Å². The molecule has 0 spiro atoms. The summed E-state index contributed by atoms with van der Waals surface area (Å²) in [5.41, 5.74) is 4.72. The van der Waals surface area contributed by atoms with E-state index in [2.05, 4.69) is 15.6 Å². The summed E-state index contributed by atoms with van der Waals surface area (Å²) in [6.07, 6.45) is 4.20. The number of nitrogens with zero attached hydrogens (tertiary/aromatic N) is 1. The molecule has 44 heavy (non-hydrogen) atoms. The molecule has 2 atom stereocenters. The number of aromatic nitrogens is 1. The maximum Gasteiger partial charge on any atom is 0.256 e. The number of carbonyl (C=O) groups excluding carboxylic acids is 2. The Hall–Kier alpha value is -3.15. The van der Waals surface area contributed by atoms with Crippen LogP contribution in [0.5, 0.6) is 0 Å². The summed E-state index contributed by atoms with van der Waals surface area (Å²) in [5, 5.41) is 17.1. The monoisotopic (exact) mass is 656 g/mol. The van der Waals surface area contributed by atoms with Crippen molar-refractivity contribution in [3.63, 3.8) is 0 Å². The van der Waals surface area contributed by atoms with Crippen LogP contribution in [0.15, 0.2) is 41.3 Å². The third kappa shape index (κ3) is 6.19. The fraction of sp³-hybridized carbons (Fsp3) is 0.375. The predicted octanol–water partition coefficient (Wildman–Crippen LogP) is 4.66. The molecule has 2 amide bonds. The molecule has 9 nitrogen and oxygen atoms in total. The van der Waals surface area contributed by atoms with Gasteiger partial charge in [-0.3, -0.25) is 9.59 Å². The van der Waals surface area contributed by atoms with Crippen molar-refractivity contribution in [2.75, 3.05) is 18.4 Å². The van der Waals surface area contributed by atoms with Gasteiger partial charge in [-0.1, -0.05) is 29.3 Å². The minimum absolute atomic E-state index is 0.0406. The van der Waals surface area contributed by atoms with E-state index in [1.165, 1.54) is 12.1 Å². The van der Waals surface area contributed by atoms with E-state index in [4.69, 9.17) is 23.2 Å². The Morgan fingerprint density at radius 2 is 1.86 bits per heavy atom. The first-order valence-electron chi connectivity index (χ1n) is 14.6. The third-order valence-corrected chi connectivity index (χ3v) is 11.1. The number of β-amino-alcohol motifs (C(OH)–C–C–N with tert-alkyl or cyclic N) is 1. The molecular weight excluding hydrogens is 623 g/mol. The van der Waals surface area contributed by atoms with Crippen LogP contribution in [-0.2, 0) is 31.6 Å². The van der Waals surface area contributed by atoms with Gasteiger partial charge in [-0.2, -0.15) is 0 Å². The number of hydrogen-bond acceptors (Lipinski definition) is 6. The van der Waals surface area contributed by atoms with Crippen LogP contribution in [0.1, 0.15) is 52.9 Å². The van der Waals surface area contributed by atoms with E-state index < -0.39 is 15.9 Å².